The van der Waals surface area contributed by atoms with E-state index in [1.165, 1.54) is 23.3 Å². The van der Waals surface area contributed by atoms with Gasteiger partial charge in [-0.25, -0.2) is 4.39 Å². The minimum Gasteiger partial charge on any atom is -0.486 e. The van der Waals surface area contributed by atoms with E-state index in [0.717, 1.165) is 48.8 Å². The third-order valence-electron chi connectivity index (χ3n) is 5.41. The summed E-state index contributed by atoms with van der Waals surface area (Å²) in [7, 11) is 0. The smallest absolute Gasteiger partial charge is 0.162 e. The summed E-state index contributed by atoms with van der Waals surface area (Å²) in [6, 6.07) is 12.9. The number of aromatic nitrogens is 2. The van der Waals surface area contributed by atoms with Crippen LogP contribution in [-0.4, -0.2) is 41.4 Å². The van der Waals surface area contributed by atoms with Crippen LogP contribution in [0.5, 0.6) is 11.5 Å². The molecule has 144 valence electrons. The molecule has 0 aliphatic carbocycles. The maximum absolute atomic E-state index is 13.0. The number of H-pyrrole nitrogens is 1. The number of benzene rings is 2. The number of likely N-dealkylation sites (tertiary alicyclic amines) is 1. The van der Waals surface area contributed by atoms with Crippen molar-refractivity contribution in [2.45, 2.75) is 13.0 Å². The fourth-order valence-corrected chi connectivity index (χ4v) is 4.01. The quantitative estimate of drug-likeness (QED) is 0.735. The Morgan fingerprint density at radius 3 is 2.64 bits per heavy atom. The van der Waals surface area contributed by atoms with Gasteiger partial charge in [0.1, 0.15) is 19.0 Å². The van der Waals surface area contributed by atoms with Crippen LogP contribution >= 0.6 is 0 Å². The Bertz CT molecular complexity index is 964. The second kappa shape index (κ2) is 7.28. The molecule has 0 amide bonds. The van der Waals surface area contributed by atoms with Crippen molar-refractivity contribution in [3.05, 3.63) is 65.6 Å². The predicted octanol–water partition coefficient (Wildman–Crippen LogP) is 3.66. The molecule has 0 radical (unpaired) electrons. The van der Waals surface area contributed by atoms with Crippen molar-refractivity contribution >= 4 is 0 Å². The molecule has 28 heavy (non-hydrogen) atoms. The molecule has 5 nitrogen and oxygen atoms in total. The van der Waals surface area contributed by atoms with E-state index in [0.29, 0.717) is 19.1 Å². The van der Waals surface area contributed by atoms with Crippen LogP contribution < -0.4 is 9.47 Å². The summed E-state index contributed by atoms with van der Waals surface area (Å²) in [6.07, 6.45) is 2.90. The van der Waals surface area contributed by atoms with Crippen LogP contribution in [0.3, 0.4) is 0 Å². The van der Waals surface area contributed by atoms with Crippen LogP contribution in [0.4, 0.5) is 4.39 Å². The predicted molar refractivity (Wildman–Crippen MR) is 104 cm³/mol. The summed E-state index contributed by atoms with van der Waals surface area (Å²) < 4.78 is 24.3. The maximum atomic E-state index is 13.0. The van der Waals surface area contributed by atoms with Crippen LogP contribution in [0.15, 0.2) is 48.7 Å². The minimum atomic E-state index is -0.175. The zero-order chi connectivity index (χ0) is 18.9. The summed E-state index contributed by atoms with van der Waals surface area (Å²) >= 11 is 0. The molecular weight excluding hydrogens is 357 g/mol. The summed E-state index contributed by atoms with van der Waals surface area (Å²) in [5.74, 6) is 2.02. The van der Waals surface area contributed by atoms with Crippen molar-refractivity contribution in [1.82, 2.24) is 15.1 Å². The molecule has 0 unspecified atom stereocenters. The van der Waals surface area contributed by atoms with Crippen molar-refractivity contribution in [3.8, 4) is 22.8 Å². The minimum absolute atomic E-state index is 0.175. The Morgan fingerprint density at radius 2 is 1.82 bits per heavy atom. The highest BCUT2D eigenvalue weighted by molar-refractivity contribution is 5.66. The van der Waals surface area contributed by atoms with Crippen LogP contribution in [0.1, 0.15) is 11.1 Å². The van der Waals surface area contributed by atoms with Crippen LogP contribution in [0.25, 0.3) is 11.3 Å². The first-order valence-corrected chi connectivity index (χ1v) is 9.63. The van der Waals surface area contributed by atoms with Crippen LogP contribution in [-0.2, 0) is 13.0 Å². The van der Waals surface area contributed by atoms with E-state index in [1.54, 1.807) is 0 Å². The standard InChI is InChI=1S/C22H22FN3O2/c23-19-4-1-15(2-5-19)9-16-12-26(13-16)14-18-11-24-25-22(18)17-3-6-20-21(10-17)28-8-7-27-20/h1-6,10-11,16H,7-9,12-14H2,(H,24,25). The Balaban J connectivity index is 1.22. The van der Waals surface area contributed by atoms with Gasteiger partial charge >= 0.3 is 0 Å². The summed E-state index contributed by atoms with van der Waals surface area (Å²) in [5.41, 5.74) is 4.46. The number of rotatable bonds is 5. The van der Waals surface area contributed by atoms with Gasteiger partial charge in [-0.1, -0.05) is 12.1 Å². The zero-order valence-corrected chi connectivity index (χ0v) is 15.5. The molecule has 6 heteroatoms. The maximum Gasteiger partial charge on any atom is 0.162 e. The van der Waals surface area contributed by atoms with E-state index in [1.807, 2.05) is 36.5 Å². The van der Waals surface area contributed by atoms with Crippen LogP contribution in [0.2, 0.25) is 0 Å². The molecule has 1 saturated heterocycles. The van der Waals surface area contributed by atoms with E-state index in [-0.39, 0.29) is 5.82 Å². The van der Waals surface area contributed by atoms with Gasteiger partial charge in [-0.2, -0.15) is 5.10 Å². The Labute approximate surface area is 163 Å². The molecule has 0 bridgehead atoms. The molecule has 2 aromatic carbocycles. The summed E-state index contributed by atoms with van der Waals surface area (Å²) in [6.45, 7) is 4.12. The fourth-order valence-electron chi connectivity index (χ4n) is 4.01. The van der Waals surface area contributed by atoms with Gasteiger partial charge in [0.05, 0.1) is 11.9 Å². The van der Waals surface area contributed by atoms with Crippen LogP contribution in [0, 0.1) is 11.7 Å². The average Bonchev–Trinajstić information content (AvgIpc) is 3.16. The Morgan fingerprint density at radius 1 is 1.04 bits per heavy atom. The second-order valence-electron chi connectivity index (χ2n) is 7.52. The van der Waals surface area contributed by atoms with Crippen molar-refractivity contribution in [2.24, 2.45) is 5.92 Å². The number of hydrogen-bond acceptors (Lipinski definition) is 4. The highest BCUT2D eigenvalue weighted by Crippen LogP contribution is 2.35. The number of aromatic amines is 1. The SMILES string of the molecule is Fc1ccc(CC2CN(Cc3cn[nH]c3-c3ccc4c(c3)OCCO4)C2)cc1. The number of ether oxygens (including phenoxy) is 2. The van der Waals surface area contributed by atoms with E-state index >= 15 is 0 Å². The monoisotopic (exact) mass is 379 g/mol. The molecule has 1 N–H and O–H groups in total. The highest BCUT2D eigenvalue weighted by atomic mass is 19.1. The number of halogens is 1. The number of hydrogen-bond donors (Lipinski definition) is 1. The van der Waals surface area contributed by atoms with Crippen molar-refractivity contribution < 1.29 is 13.9 Å². The van der Waals surface area contributed by atoms with Gasteiger partial charge in [-0.15, -0.1) is 0 Å². The lowest BCUT2D eigenvalue weighted by atomic mass is 9.91. The van der Waals surface area contributed by atoms with Gasteiger partial charge < -0.3 is 9.47 Å². The van der Waals surface area contributed by atoms with Gasteiger partial charge in [0.15, 0.2) is 11.5 Å². The molecule has 3 heterocycles. The largest absolute Gasteiger partial charge is 0.486 e. The second-order valence-corrected chi connectivity index (χ2v) is 7.52. The van der Waals surface area contributed by atoms with Gasteiger partial charge in [0.25, 0.3) is 0 Å². The molecule has 0 spiro atoms. The van der Waals surface area contributed by atoms with E-state index in [2.05, 4.69) is 15.1 Å². The van der Waals surface area contributed by atoms with Gasteiger partial charge in [-0.3, -0.25) is 10.00 Å². The molecule has 2 aliphatic heterocycles. The lowest BCUT2D eigenvalue weighted by molar-refractivity contribution is 0.0928. The number of fused-ring (bicyclic) bond motifs is 1. The van der Waals surface area contributed by atoms with E-state index in [9.17, 15) is 4.39 Å². The number of nitrogens with one attached hydrogen (secondary N) is 1. The summed E-state index contributed by atoms with van der Waals surface area (Å²) in [5, 5.41) is 7.39. The Hall–Kier alpha value is -2.86. The fraction of sp³-hybridized carbons (Fsp3) is 0.318. The molecule has 0 atom stereocenters. The third-order valence-corrected chi connectivity index (χ3v) is 5.41. The Kier molecular flexibility index (Phi) is 4.49. The lowest BCUT2D eigenvalue weighted by Gasteiger charge is -2.39. The van der Waals surface area contributed by atoms with E-state index in [4.69, 9.17) is 9.47 Å². The zero-order valence-electron chi connectivity index (χ0n) is 15.5. The van der Waals surface area contributed by atoms with Crippen molar-refractivity contribution in [2.75, 3.05) is 26.3 Å². The van der Waals surface area contributed by atoms with Crippen molar-refractivity contribution in [1.29, 1.82) is 0 Å². The molecule has 5 rings (SSSR count). The van der Waals surface area contributed by atoms with Gasteiger partial charge in [0, 0.05) is 30.8 Å². The first kappa shape index (κ1) is 17.3. The molecular formula is C22H22FN3O2. The average molecular weight is 379 g/mol. The molecule has 1 aromatic heterocycles. The number of nitrogens with zero attached hydrogens (tertiary/aromatic N) is 2. The van der Waals surface area contributed by atoms with Crippen molar-refractivity contribution in [3.63, 3.8) is 0 Å². The lowest BCUT2D eigenvalue weighted by Crippen LogP contribution is -2.46. The van der Waals surface area contributed by atoms with Gasteiger partial charge in [-0.05, 0) is 48.2 Å². The first-order valence-electron chi connectivity index (χ1n) is 9.63. The molecule has 3 aromatic rings. The topological polar surface area (TPSA) is 50.4 Å². The summed E-state index contributed by atoms with van der Waals surface area (Å²) in [4.78, 5) is 2.42. The van der Waals surface area contributed by atoms with Gasteiger partial charge in [0.2, 0.25) is 0 Å². The highest BCUT2D eigenvalue weighted by Gasteiger charge is 2.27. The first-order chi connectivity index (χ1) is 13.7. The molecule has 0 saturated carbocycles. The normalized spacial score (nSPS) is 16.8. The van der Waals surface area contributed by atoms with E-state index < -0.39 is 0 Å². The third kappa shape index (κ3) is 3.47. The molecule has 1 fully saturated rings. The molecule has 2 aliphatic rings.